The van der Waals surface area contributed by atoms with Crippen molar-refractivity contribution < 1.29 is 4.74 Å². The highest BCUT2D eigenvalue weighted by Gasteiger charge is 2.29. The van der Waals surface area contributed by atoms with Gasteiger partial charge in [-0.05, 0) is 24.0 Å². The summed E-state index contributed by atoms with van der Waals surface area (Å²) in [5.74, 6) is 1.91. The average molecular weight is 219 g/mol. The van der Waals surface area contributed by atoms with Gasteiger partial charge in [0.1, 0.15) is 5.75 Å². The molecule has 0 saturated carbocycles. The summed E-state index contributed by atoms with van der Waals surface area (Å²) in [6.45, 7) is 9.39. The molecular formula is C14H21NO. The molecule has 0 fully saturated rings. The number of hydrogen-bond donors (Lipinski definition) is 1. The van der Waals surface area contributed by atoms with Crippen molar-refractivity contribution in [3.8, 4) is 5.75 Å². The van der Waals surface area contributed by atoms with E-state index < -0.39 is 0 Å². The third kappa shape index (κ3) is 1.71. The Morgan fingerprint density at radius 2 is 2.06 bits per heavy atom. The minimum Gasteiger partial charge on any atom is -0.493 e. The molecule has 2 rings (SSSR count). The molecule has 0 saturated heterocycles. The topological polar surface area (TPSA) is 35.2 Å². The molecule has 1 heterocycles. The molecule has 0 bridgehead atoms. The molecule has 2 unspecified atom stereocenters. The van der Waals surface area contributed by atoms with Crippen molar-refractivity contribution in [3.63, 3.8) is 0 Å². The molecule has 0 aliphatic carbocycles. The van der Waals surface area contributed by atoms with Crippen LogP contribution in [0.3, 0.4) is 0 Å². The van der Waals surface area contributed by atoms with Crippen LogP contribution in [0, 0.1) is 12.8 Å². The predicted molar refractivity (Wildman–Crippen MR) is 66.9 cm³/mol. The summed E-state index contributed by atoms with van der Waals surface area (Å²) in [5, 5.41) is 0. The van der Waals surface area contributed by atoms with E-state index in [4.69, 9.17) is 10.5 Å². The van der Waals surface area contributed by atoms with Gasteiger partial charge in [-0.2, -0.15) is 0 Å². The van der Waals surface area contributed by atoms with E-state index in [9.17, 15) is 0 Å². The summed E-state index contributed by atoms with van der Waals surface area (Å²) in [6, 6.07) is 4.44. The fraction of sp³-hybridized carbons (Fsp3) is 0.571. The van der Waals surface area contributed by atoms with Gasteiger partial charge in [0.15, 0.2) is 0 Å². The van der Waals surface area contributed by atoms with Crippen LogP contribution in [0.4, 0.5) is 0 Å². The minimum absolute atomic E-state index is 0.112. The van der Waals surface area contributed by atoms with Crippen molar-refractivity contribution in [2.24, 2.45) is 11.7 Å². The van der Waals surface area contributed by atoms with E-state index >= 15 is 0 Å². The molecule has 0 spiro atoms. The standard InChI is InChI=1S/C14H21NO/c1-8(2)11-6-5-9(3)14-12(11)13(15)10(4)7-16-14/h5-6,8,10,13H,7,15H2,1-4H3. The maximum absolute atomic E-state index is 6.32. The van der Waals surface area contributed by atoms with Gasteiger partial charge in [0.05, 0.1) is 6.61 Å². The largest absolute Gasteiger partial charge is 0.493 e. The molecule has 0 aromatic heterocycles. The number of nitrogens with two attached hydrogens (primary N) is 1. The molecule has 1 aromatic carbocycles. The summed E-state index contributed by atoms with van der Waals surface area (Å²) in [6.07, 6.45) is 0. The van der Waals surface area contributed by atoms with Gasteiger partial charge in [0.25, 0.3) is 0 Å². The number of benzene rings is 1. The number of hydrogen-bond acceptors (Lipinski definition) is 2. The quantitative estimate of drug-likeness (QED) is 0.787. The van der Waals surface area contributed by atoms with Crippen LogP contribution in [-0.4, -0.2) is 6.61 Å². The summed E-state index contributed by atoms with van der Waals surface area (Å²) in [5.41, 5.74) is 10.1. The maximum Gasteiger partial charge on any atom is 0.127 e. The smallest absolute Gasteiger partial charge is 0.127 e. The zero-order valence-corrected chi connectivity index (χ0v) is 10.6. The summed E-state index contributed by atoms with van der Waals surface area (Å²) >= 11 is 0. The molecule has 2 atom stereocenters. The first-order chi connectivity index (χ1) is 7.52. The second kappa shape index (κ2) is 4.10. The molecule has 88 valence electrons. The lowest BCUT2D eigenvalue weighted by molar-refractivity contribution is 0.204. The predicted octanol–water partition coefficient (Wildman–Crippen LogP) is 3.15. The van der Waals surface area contributed by atoms with Crippen LogP contribution in [0.1, 0.15) is 49.4 Å². The van der Waals surface area contributed by atoms with E-state index in [0.717, 1.165) is 12.4 Å². The number of rotatable bonds is 1. The minimum atomic E-state index is 0.112. The summed E-state index contributed by atoms with van der Waals surface area (Å²) in [4.78, 5) is 0. The van der Waals surface area contributed by atoms with Gasteiger partial charge in [-0.15, -0.1) is 0 Å². The zero-order valence-electron chi connectivity index (χ0n) is 10.6. The van der Waals surface area contributed by atoms with Gasteiger partial charge in [-0.25, -0.2) is 0 Å². The Balaban J connectivity index is 2.60. The van der Waals surface area contributed by atoms with Crippen LogP contribution < -0.4 is 10.5 Å². The van der Waals surface area contributed by atoms with E-state index in [1.807, 2.05) is 0 Å². The molecular weight excluding hydrogens is 198 g/mol. The van der Waals surface area contributed by atoms with Crippen LogP contribution in [0.15, 0.2) is 12.1 Å². The number of fused-ring (bicyclic) bond motifs is 1. The molecule has 1 aliphatic heterocycles. The Labute approximate surface area is 97.8 Å². The van der Waals surface area contributed by atoms with Gasteiger partial charge in [-0.1, -0.05) is 32.9 Å². The first-order valence-electron chi connectivity index (χ1n) is 6.04. The Bertz CT molecular complexity index is 398. The first-order valence-corrected chi connectivity index (χ1v) is 6.04. The van der Waals surface area contributed by atoms with E-state index in [2.05, 4.69) is 39.8 Å². The highest BCUT2D eigenvalue weighted by Crippen LogP contribution is 2.40. The lowest BCUT2D eigenvalue weighted by Crippen LogP contribution is -2.31. The van der Waals surface area contributed by atoms with E-state index in [0.29, 0.717) is 11.8 Å². The number of aryl methyl sites for hydroxylation is 1. The monoisotopic (exact) mass is 219 g/mol. The van der Waals surface area contributed by atoms with Crippen molar-refractivity contribution in [2.75, 3.05) is 6.61 Å². The summed E-state index contributed by atoms with van der Waals surface area (Å²) in [7, 11) is 0. The van der Waals surface area contributed by atoms with Crippen molar-refractivity contribution in [1.82, 2.24) is 0 Å². The highest BCUT2D eigenvalue weighted by molar-refractivity contribution is 5.50. The molecule has 0 amide bonds. The Hall–Kier alpha value is -1.02. The normalized spacial score (nSPS) is 24.1. The number of ether oxygens (including phenoxy) is 1. The molecule has 1 aromatic rings. The van der Waals surface area contributed by atoms with Gasteiger partial charge < -0.3 is 10.5 Å². The van der Waals surface area contributed by atoms with Crippen molar-refractivity contribution >= 4 is 0 Å². The van der Waals surface area contributed by atoms with Crippen molar-refractivity contribution in [3.05, 3.63) is 28.8 Å². The van der Waals surface area contributed by atoms with E-state index in [-0.39, 0.29) is 6.04 Å². The molecule has 0 radical (unpaired) electrons. The SMILES string of the molecule is Cc1ccc(C(C)C)c2c1OCC(C)C2N. The van der Waals surface area contributed by atoms with Gasteiger partial charge in [0, 0.05) is 17.5 Å². The van der Waals surface area contributed by atoms with Crippen LogP contribution in [0.2, 0.25) is 0 Å². The Kier molecular flexibility index (Phi) is 2.94. The average Bonchev–Trinajstić information content (AvgIpc) is 2.23. The van der Waals surface area contributed by atoms with E-state index in [1.165, 1.54) is 16.7 Å². The second-order valence-electron chi connectivity index (χ2n) is 5.18. The van der Waals surface area contributed by atoms with Gasteiger partial charge in [-0.3, -0.25) is 0 Å². The summed E-state index contributed by atoms with van der Waals surface area (Å²) < 4.78 is 5.85. The van der Waals surface area contributed by atoms with Crippen LogP contribution in [-0.2, 0) is 0 Å². The van der Waals surface area contributed by atoms with E-state index in [1.54, 1.807) is 0 Å². The second-order valence-corrected chi connectivity index (χ2v) is 5.18. The van der Waals surface area contributed by atoms with Crippen molar-refractivity contribution in [2.45, 2.75) is 39.7 Å². The molecule has 1 aliphatic rings. The third-order valence-electron chi connectivity index (χ3n) is 3.49. The fourth-order valence-electron chi connectivity index (χ4n) is 2.37. The van der Waals surface area contributed by atoms with Crippen molar-refractivity contribution in [1.29, 1.82) is 0 Å². The third-order valence-corrected chi connectivity index (χ3v) is 3.49. The fourth-order valence-corrected chi connectivity index (χ4v) is 2.37. The van der Waals surface area contributed by atoms with Crippen LogP contribution in [0.5, 0.6) is 5.75 Å². The highest BCUT2D eigenvalue weighted by atomic mass is 16.5. The van der Waals surface area contributed by atoms with Gasteiger partial charge in [0.2, 0.25) is 0 Å². The zero-order chi connectivity index (χ0) is 11.9. The molecule has 2 N–H and O–H groups in total. The maximum atomic E-state index is 6.32. The Morgan fingerprint density at radius 1 is 1.38 bits per heavy atom. The lowest BCUT2D eigenvalue weighted by Gasteiger charge is -2.32. The van der Waals surface area contributed by atoms with Crippen LogP contribution >= 0.6 is 0 Å². The van der Waals surface area contributed by atoms with Gasteiger partial charge >= 0.3 is 0 Å². The van der Waals surface area contributed by atoms with Crippen LogP contribution in [0.25, 0.3) is 0 Å². The molecule has 2 heteroatoms. The Morgan fingerprint density at radius 3 is 2.69 bits per heavy atom. The molecule has 16 heavy (non-hydrogen) atoms. The molecule has 2 nitrogen and oxygen atoms in total. The lowest BCUT2D eigenvalue weighted by atomic mass is 9.84. The first kappa shape index (κ1) is 11.5.